The molecule has 1 nitrogen and oxygen atoms in total. The summed E-state index contributed by atoms with van der Waals surface area (Å²) in [5.41, 5.74) is 1.10. The second kappa shape index (κ2) is 7.35. The molecule has 0 bridgehead atoms. The van der Waals surface area contributed by atoms with Crippen LogP contribution in [0.5, 0.6) is 0 Å². The van der Waals surface area contributed by atoms with E-state index >= 15 is 0 Å². The van der Waals surface area contributed by atoms with E-state index < -0.39 is 6.43 Å². The molecule has 0 aromatic heterocycles. The lowest BCUT2D eigenvalue weighted by molar-refractivity contribution is 0.151. The quantitative estimate of drug-likeness (QED) is 0.805. The Morgan fingerprint density at radius 2 is 1.40 bits per heavy atom. The summed E-state index contributed by atoms with van der Waals surface area (Å²) >= 11 is 0. The summed E-state index contributed by atoms with van der Waals surface area (Å²) in [6, 6.07) is 6.58. The molecule has 1 aromatic rings. The highest BCUT2D eigenvalue weighted by Crippen LogP contribution is 2.20. The number of hydrogen-bond acceptors (Lipinski definition) is 1. The van der Waals surface area contributed by atoms with Gasteiger partial charge in [0.05, 0.1) is 0 Å². The lowest BCUT2D eigenvalue weighted by atomic mass is 10.1. The predicted octanol–water partition coefficient (Wildman–Crippen LogP) is 3.93. The summed E-state index contributed by atoms with van der Waals surface area (Å²) in [4.78, 5) is 0. The van der Waals surface area contributed by atoms with E-state index in [-0.39, 0.29) is 11.6 Å². The van der Waals surface area contributed by atoms with Gasteiger partial charge in [-0.25, -0.2) is 8.78 Å². The highest BCUT2D eigenvalue weighted by Gasteiger charge is 2.07. The van der Waals surface area contributed by atoms with Crippen LogP contribution in [0, 0.1) is 0 Å². The minimum atomic E-state index is -2.38. The molecule has 0 fully saturated rings. The molecule has 0 saturated heterocycles. The first kappa shape index (κ1) is 14.0. The van der Waals surface area contributed by atoms with E-state index in [1.807, 2.05) is 27.8 Å². The van der Waals surface area contributed by atoms with Crippen LogP contribution in [0.25, 0.3) is 0 Å². The summed E-state index contributed by atoms with van der Waals surface area (Å²) in [5.74, 6) is 0. The summed E-state index contributed by atoms with van der Waals surface area (Å²) in [6.45, 7) is 5.98. The summed E-state index contributed by atoms with van der Waals surface area (Å²) in [6.07, 6.45) is -2.38. The molecule has 1 N–H and O–H groups in total. The van der Waals surface area contributed by atoms with Crippen molar-refractivity contribution in [1.29, 1.82) is 0 Å². The lowest BCUT2D eigenvalue weighted by Crippen LogP contribution is -2.11. The lowest BCUT2D eigenvalue weighted by Gasteiger charge is -2.10. The molecule has 1 aromatic carbocycles. The van der Waals surface area contributed by atoms with Crippen molar-refractivity contribution in [3.8, 4) is 0 Å². The number of hydrogen-bond donors (Lipinski definition) is 1. The normalized spacial score (nSPS) is 11.9. The van der Waals surface area contributed by atoms with Gasteiger partial charge < -0.3 is 5.32 Å². The second-order valence-corrected chi connectivity index (χ2v) is 2.98. The third-order valence-corrected chi connectivity index (χ3v) is 2.12. The van der Waals surface area contributed by atoms with Crippen molar-refractivity contribution in [2.45, 2.75) is 33.2 Å². The molecule has 0 amide bonds. The molecule has 0 aliphatic rings. The van der Waals surface area contributed by atoms with Crippen LogP contribution in [-0.4, -0.2) is 7.05 Å². The molecule has 0 radical (unpaired) electrons. The molecule has 0 aliphatic carbocycles. The molecule has 86 valence electrons. The Balaban J connectivity index is 0.000000921. The van der Waals surface area contributed by atoms with Gasteiger partial charge in [0.1, 0.15) is 0 Å². The van der Waals surface area contributed by atoms with E-state index in [1.54, 1.807) is 12.1 Å². The van der Waals surface area contributed by atoms with E-state index in [9.17, 15) is 8.78 Å². The van der Waals surface area contributed by atoms with Crippen molar-refractivity contribution in [2.75, 3.05) is 7.05 Å². The van der Waals surface area contributed by atoms with Gasteiger partial charge in [-0.3, -0.25) is 0 Å². The van der Waals surface area contributed by atoms with Crippen molar-refractivity contribution in [2.24, 2.45) is 0 Å². The SMILES string of the molecule is CC.CN[C@H](C)c1ccc(C(F)F)cc1. The minimum absolute atomic E-state index is 0.0760. The monoisotopic (exact) mass is 215 g/mol. The van der Waals surface area contributed by atoms with E-state index in [0.717, 1.165) is 5.56 Å². The Morgan fingerprint density at radius 1 is 1.00 bits per heavy atom. The molecule has 0 spiro atoms. The first-order chi connectivity index (χ1) is 7.15. The molecule has 1 rings (SSSR count). The van der Waals surface area contributed by atoms with Crippen molar-refractivity contribution in [3.63, 3.8) is 0 Å². The fourth-order valence-corrected chi connectivity index (χ4v) is 1.10. The zero-order chi connectivity index (χ0) is 11.8. The fourth-order valence-electron chi connectivity index (χ4n) is 1.10. The molecule has 1 atom stereocenters. The number of nitrogens with one attached hydrogen (secondary N) is 1. The second-order valence-electron chi connectivity index (χ2n) is 2.98. The average Bonchev–Trinajstić information content (AvgIpc) is 2.31. The van der Waals surface area contributed by atoms with Gasteiger partial charge in [-0.2, -0.15) is 0 Å². The van der Waals surface area contributed by atoms with Crippen molar-refractivity contribution in [1.82, 2.24) is 5.32 Å². The van der Waals surface area contributed by atoms with Gasteiger partial charge in [0.15, 0.2) is 0 Å². The van der Waals surface area contributed by atoms with E-state index in [2.05, 4.69) is 5.32 Å². The molecule has 15 heavy (non-hydrogen) atoms. The zero-order valence-corrected chi connectivity index (χ0v) is 9.72. The molecule has 0 aliphatic heterocycles. The van der Waals surface area contributed by atoms with Gasteiger partial charge in [-0.05, 0) is 19.5 Å². The topological polar surface area (TPSA) is 12.0 Å². The standard InChI is InChI=1S/C10H13F2N.C2H6/c1-7(13-2)8-3-5-9(6-4-8)10(11)12;1-2/h3-7,10,13H,1-2H3;1-2H3/t7-;/m1./s1. The Morgan fingerprint density at radius 3 is 1.73 bits per heavy atom. The van der Waals surface area contributed by atoms with Gasteiger partial charge in [-0.15, -0.1) is 0 Å². The molecule has 0 heterocycles. The van der Waals surface area contributed by atoms with Crippen LogP contribution in [0.1, 0.15) is 44.4 Å². The van der Waals surface area contributed by atoms with Crippen LogP contribution < -0.4 is 5.32 Å². The van der Waals surface area contributed by atoms with Gasteiger partial charge in [0, 0.05) is 11.6 Å². The molecule has 3 heteroatoms. The van der Waals surface area contributed by atoms with Crippen LogP contribution in [0.15, 0.2) is 24.3 Å². The fraction of sp³-hybridized carbons (Fsp3) is 0.500. The molecular formula is C12H19F2N. The van der Waals surface area contributed by atoms with E-state index in [1.165, 1.54) is 12.1 Å². The maximum absolute atomic E-state index is 12.2. The maximum atomic E-state index is 12.2. The van der Waals surface area contributed by atoms with E-state index in [0.29, 0.717) is 0 Å². The van der Waals surface area contributed by atoms with Gasteiger partial charge in [0.2, 0.25) is 0 Å². The summed E-state index contributed by atoms with van der Waals surface area (Å²) in [5, 5.41) is 3.04. The molecule has 0 saturated carbocycles. The number of alkyl halides is 2. The van der Waals surface area contributed by atoms with Gasteiger partial charge in [0.25, 0.3) is 6.43 Å². The van der Waals surface area contributed by atoms with Crippen LogP contribution >= 0.6 is 0 Å². The Bertz CT molecular complexity index is 257. The van der Waals surface area contributed by atoms with Crippen LogP contribution in [0.4, 0.5) is 8.78 Å². The van der Waals surface area contributed by atoms with Gasteiger partial charge >= 0.3 is 0 Å². The number of rotatable bonds is 3. The third kappa shape index (κ3) is 4.38. The number of benzene rings is 1. The molecular weight excluding hydrogens is 196 g/mol. The minimum Gasteiger partial charge on any atom is -0.313 e. The van der Waals surface area contributed by atoms with Crippen LogP contribution in [0.3, 0.4) is 0 Å². The van der Waals surface area contributed by atoms with Crippen LogP contribution in [0.2, 0.25) is 0 Å². The smallest absolute Gasteiger partial charge is 0.263 e. The Kier molecular flexibility index (Phi) is 6.88. The molecule has 0 unspecified atom stereocenters. The van der Waals surface area contributed by atoms with E-state index in [4.69, 9.17) is 0 Å². The summed E-state index contributed by atoms with van der Waals surface area (Å²) < 4.78 is 24.3. The Hall–Kier alpha value is -0.960. The highest BCUT2D eigenvalue weighted by atomic mass is 19.3. The first-order valence-corrected chi connectivity index (χ1v) is 5.20. The zero-order valence-electron chi connectivity index (χ0n) is 9.72. The van der Waals surface area contributed by atoms with Gasteiger partial charge in [-0.1, -0.05) is 38.1 Å². The maximum Gasteiger partial charge on any atom is 0.263 e. The largest absolute Gasteiger partial charge is 0.313 e. The van der Waals surface area contributed by atoms with Crippen molar-refractivity contribution >= 4 is 0 Å². The van der Waals surface area contributed by atoms with Crippen molar-refractivity contribution in [3.05, 3.63) is 35.4 Å². The Labute approximate surface area is 90.5 Å². The summed E-state index contributed by atoms with van der Waals surface area (Å²) in [7, 11) is 1.84. The third-order valence-electron chi connectivity index (χ3n) is 2.12. The first-order valence-electron chi connectivity index (χ1n) is 5.20. The average molecular weight is 215 g/mol. The van der Waals surface area contributed by atoms with Crippen molar-refractivity contribution < 1.29 is 8.78 Å². The predicted molar refractivity (Wildman–Crippen MR) is 60.2 cm³/mol. The number of halogens is 2. The highest BCUT2D eigenvalue weighted by molar-refractivity contribution is 5.25. The van der Waals surface area contributed by atoms with Crippen LogP contribution in [-0.2, 0) is 0 Å².